The fourth-order valence-electron chi connectivity index (χ4n) is 2.78. The second kappa shape index (κ2) is 23.4. The van der Waals surface area contributed by atoms with Gasteiger partial charge in [-0.1, -0.05) is 89.3 Å². The lowest BCUT2D eigenvalue weighted by atomic mass is 10.1. The third-order valence-electron chi connectivity index (χ3n) is 4.43. The van der Waals surface area contributed by atoms with Crippen molar-refractivity contribution in [3.63, 3.8) is 0 Å². The van der Waals surface area contributed by atoms with Crippen molar-refractivity contribution < 1.29 is 28.5 Å². The summed E-state index contributed by atoms with van der Waals surface area (Å²) in [6, 6.07) is 0. The lowest BCUT2D eigenvalue weighted by molar-refractivity contribution is -0.929. The molecule has 0 atom stereocenters. The molecule has 0 aliphatic heterocycles. The Balaban J connectivity index is -0.000000578. The van der Waals surface area contributed by atoms with Crippen LogP contribution in [0.2, 0.25) is 0 Å². The lowest BCUT2D eigenvalue weighted by Gasteiger charge is -2.39. The van der Waals surface area contributed by atoms with Crippen LogP contribution in [-0.4, -0.2) is 35.1 Å². The van der Waals surface area contributed by atoms with E-state index in [9.17, 15) is 0 Å². The maximum Gasteiger partial charge on any atom is 0.0786 e. The molecule has 0 rings (SSSR count). The number of hydrogen-bond donors (Lipinski definition) is 0. The summed E-state index contributed by atoms with van der Waals surface area (Å²) in [6.07, 6.45) is 13.8. The highest BCUT2D eigenvalue weighted by molar-refractivity contribution is 14.1. The Morgan fingerprint density at radius 3 is 0.913 bits per heavy atom. The van der Waals surface area contributed by atoms with Gasteiger partial charge in [0.15, 0.2) is 0 Å². The Morgan fingerprint density at radius 2 is 0.783 bits per heavy atom. The van der Waals surface area contributed by atoms with Crippen LogP contribution in [-0.2, 0) is 0 Å². The molecule has 0 radical (unpaired) electrons. The molecule has 0 amide bonds. The van der Waals surface area contributed by atoms with E-state index in [2.05, 4.69) is 57.2 Å². The molecule has 23 heavy (non-hydrogen) atoms. The first-order valence-corrected chi connectivity index (χ1v) is 11.6. The highest BCUT2D eigenvalue weighted by atomic mass is 127. The molecular weight excluding hydrogens is 508 g/mol. The molecule has 0 aliphatic rings. The minimum Gasteiger partial charge on any atom is -1.00 e. The molecule has 0 spiro atoms. The molecule has 0 aromatic carbocycles. The van der Waals surface area contributed by atoms with E-state index in [1.54, 1.807) is 0 Å². The number of unbranched alkanes of at least 4 members (excludes halogenated alkanes) is 5. The Kier molecular flexibility index (Phi) is 29.7. The van der Waals surface area contributed by atoms with Crippen LogP contribution in [0, 0.1) is 0 Å². The topological polar surface area (TPSA) is 0 Å². The Bertz CT molecular complexity index is 159. The standard InChI is InChI=1S/C16H36N.C4H9I.HI/c1-5-9-13-17(14-10-6-2,15-11-7-3)16-12-8-4;1-2-3-4-5;/h5-16H2,1-4H3;2-4H2,1H3;1H/q+1;;/p-1. The van der Waals surface area contributed by atoms with Gasteiger partial charge in [0.05, 0.1) is 26.2 Å². The van der Waals surface area contributed by atoms with Gasteiger partial charge in [0, 0.05) is 0 Å². The van der Waals surface area contributed by atoms with Gasteiger partial charge in [0.2, 0.25) is 0 Å². The van der Waals surface area contributed by atoms with Crippen molar-refractivity contribution in [3.8, 4) is 0 Å². The molecular formula is C20H45I2N. The molecule has 0 fully saturated rings. The molecule has 0 saturated carbocycles. The predicted molar refractivity (Wildman–Crippen MR) is 113 cm³/mol. The van der Waals surface area contributed by atoms with E-state index in [1.807, 2.05) is 0 Å². The molecule has 0 aromatic heterocycles. The summed E-state index contributed by atoms with van der Waals surface area (Å²) in [5.41, 5.74) is 0. The average Bonchev–Trinajstić information content (AvgIpc) is 2.55. The molecule has 0 aromatic rings. The minimum atomic E-state index is 0. The highest BCUT2D eigenvalue weighted by Gasteiger charge is 2.24. The fourth-order valence-corrected chi connectivity index (χ4v) is 3.54. The van der Waals surface area contributed by atoms with Crippen LogP contribution >= 0.6 is 22.6 Å². The maximum absolute atomic E-state index is 2.39. The smallest absolute Gasteiger partial charge is 0.0786 e. The molecule has 144 valence electrons. The monoisotopic (exact) mass is 553 g/mol. The van der Waals surface area contributed by atoms with E-state index in [0.29, 0.717) is 0 Å². The van der Waals surface area contributed by atoms with Crippen molar-refractivity contribution in [2.75, 3.05) is 30.6 Å². The average molecular weight is 553 g/mol. The lowest BCUT2D eigenvalue weighted by Crippen LogP contribution is -3.00. The number of rotatable bonds is 14. The molecule has 3 heteroatoms. The third kappa shape index (κ3) is 19.6. The van der Waals surface area contributed by atoms with Crippen molar-refractivity contribution in [2.24, 2.45) is 0 Å². The van der Waals surface area contributed by atoms with Gasteiger partial charge in [-0.25, -0.2) is 0 Å². The van der Waals surface area contributed by atoms with E-state index in [-0.39, 0.29) is 24.0 Å². The van der Waals surface area contributed by atoms with E-state index < -0.39 is 0 Å². The molecule has 0 heterocycles. The van der Waals surface area contributed by atoms with Crippen molar-refractivity contribution in [1.82, 2.24) is 0 Å². The second-order valence-electron chi connectivity index (χ2n) is 6.69. The summed E-state index contributed by atoms with van der Waals surface area (Å²) >= 11 is 2.39. The van der Waals surface area contributed by atoms with Crippen molar-refractivity contribution in [3.05, 3.63) is 0 Å². The van der Waals surface area contributed by atoms with Crippen molar-refractivity contribution in [2.45, 2.75) is 98.8 Å². The van der Waals surface area contributed by atoms with Crippen LogP contribution in [0.15, 0.2) is 0 Å². The van der Waals surface area contributed by atoms with Gasteiger partial charge in [0.25, 0.3) is 0 Å². The first-order valence-electron chi connectivity index (χ1n) is 10.1. The van der Waals surface area contributed by atoms with Gasteiger partial charge >= 0.3 is 0 Å². The van der Waals surface area contributed by atoms with Crippen LogP contribution in [0.5, 0.6) is 0 Å². The number of halogens is 2. The quantitative estimate of drug-likeness (QED) is 0.172. The first kappa shape index (κ1) is 29.2. The third-order valence-corrected chi connectivity index (χ3v) is 5.19. The number of alkyl halides is 1. The van der Waals surface area contributed by atoms with Gasteiger partial charge in [-0.05, 0) is 36.5 Å². The van der Waals surface area contributed by atoms with Crippen LogP contribution in [0.1, 0.15) is 98.8 Å². The van der Waals surface area contributed by atoms with Gasteiger partial charge in [-0.15, -0.1) is 0 Å². The zero-order valence-corrected chi connectivity index (χ0v) is 21.1. The molecule has 0 aliphatic carbocycles. The van der Waals surface area contributed by atoms with Crippen LogP contribution in [0.3, 0.4) is 0 Å². The summed E-state index contributed by atoms with van der Waals surface area (Å²) in [7, 11) is 0. The number of nitrogens with zero attached hydrogens (tertiary/aromatic N) is 1. The summed E-state index contributed by atoms with van der Waals surface area (Å²) in [4.78, 5) is 0. The Hall–Kier alpha value is 1.42. The summed E-state index contributed by atoms with van der Waals surface area (Å²) in [6.45, 7) is 17.2. The summed E-state index contributed by atoms with van der Waals surface area (Å²) < 4.78 is 2.73. The SMILES string of the molecule is CCCCI.CCCC[N+](CCCC)(CCCC)CCCC.[I-]. The van der Waals surface area contributed by atoms with Gasteiger partial charge < -0.3 is 28.5 Å². The van der Waals surface area contributed by atoms with Crippen LogP contribution < -0.4 is 24.0 Å². The second-order valence-corrected chi connectivity index (χ2v) is 7.77. The Morgan fingerprint density at radius 1 is 0.522 bits per heavy atom. The molecule has 0 bridgehead atoms. The highest BCUT2D eigenvalue weighted by Crippen LogP contribution is 2.16. The number of quaternary nitrogens is 1. The minimum absolute atomic E-state index is 0. The van der Waals surface area contributed by atoms with E-state index >= 15 is 0 Å². The van der Waals surface area contributed by atoms with E-state index in [4.69, 9.17) is 0 Å². The molecule has 0 saturated heterocycles. The predicted octanol–water partition coefficient (Wildman–Crippen LogP) is 4.23. The van der Waals surface area contributed by atoms with Gasteiger partial charge in [-0.2, -0.15) is 0 Å². The largest absolute Gasteiger partial charge is 1.00 e. The fraction of sp³-hybridized carbons (Fsp3) is 1.00. The van der Waals surface area contributed by atoms with Gasteiger partial charge in [-0.3, -0.25) is 0 Å². The maximum atomic E-state index is 2.39. The first-order chi connectivity index (χ1) is 10.7. The van der Waals surface area contributed by atoms with Crippen molar-refractivity contribution in [1.29, 1.82) is 0 Å². The van der Waals surface area contributed by atoms with Gasteiger partial charge in [0.1, 0.15) is 0 Å². The summed E-state index contributed by atoms with van der Waals surface area (Å²) in [5, 5.41) is 0. The number of hydrogen-bond acceptors (Lipinski definition) is 0. The zero-order valence-electron chi connectivity index (χ0n) is 16.8. The van der Waals surface area contributed by atoms with Crippen LogP contribution in [0.4, 0.5) is 0 Å². The van der Waals surface area contributed by atoms with Crippen molar-refractivity contribution >= 4 is 22.6 Å². The molecule has 1 nitrogen and oxygen atoms in total. The Labute approximate surface area is 179 Å². The molecule has 0 unspecified atom stereocenters. The molecule has 0 N–H and O–H groups in total. The van der Waals surface area contributed by atoms with E-state index in [1.165, 1.54) is 99.3 Å². The normalized spacial score (nSPS) is 10.7. The van der Waals surface area contributed by atoms with E-state index in [0.717, 1.165) is 0 Å². The van der Waals surface area contributed by atoms with Crippen LogP contribution in [0.25, 0.3) is 0 Å². The summed E-state index contributed by atoms with van der Waals surface area (Å²) in [5.74, 6) is 0. The zero-order chi connectivity index (χ0) is 17.1.